The van der Waals surface area contributed by atoms with Crippen molar-refractivity contribution in [3.8, 4) is 5.75 Å². The summed E-state index contributed by atoms with van der Waals surface area (Å²) >= 11 is 0. The molecule has 0 bridgehead atoms. The third-order valence-corrected chi connectivity index (χ3v) is 3.02. The van der Waals surface area contributed by atoms with Crippen LogP contribution in [0, 0.1) is 0 Å². The molecule has 0 saturated carbocycles. The molecule has 0 aliphatic carbocycles. The van der Waals surface area contributed by atoms with Crippen LogP contribution in [0.5, 0.6) is 5.75 Å². The molecule has 0 radical (unpaired) electrons. The van der Waals surface area contributed by atoms with Crippen LogP contribution in [-0.2, 0) is 16.3 Å². The number of phenolic OH excluding ortho intramolecular Hbond substituents is 1. The fraction of sp³-hybridized carbons (Fsp3) is 0.333. The van der Waals surface area contributed by atoms with Gasteiger partial charge in [-0.1, -0.05) is 6.92 Å². The van der Waals surface area contributed by atoms with Crippen molar-refractivity contribution in [2.75, 3.05) is 6.26 Å². The normalized spacial score (nSPS) is 11.5. The molecule has 0 saturated heterocycles. The lowest BCUT2D eigenvalue weighted by Crippen LogP contribution is -2.01. The van der Waals surface area contributed by atoms with Crippen LogP contribution in [0.3, 0.4) is 0 Å². The van der Waals surface area contributed by atoms with E-state index in [2.05, 4.69) is 0 Å². The number of hydrogen-bond acceptors (Lipinski definition) is 3. The second-order valence-corrected chi connectivity index (χ2v) is 4.90. The van der Waals surface area contributed by atoms with Crippen molar-refractivity contribution >= 4 is 9.84 Å². The summed E-state index contributed by atoms with van der Waals surface area (Å²) < 4.78 is 22.5. The summed E-state index contributed by atoms with van der Waals surface area (Å²) in [5, 5.41) is 9.14. The average Bonchev–Trinajstić information content (AvgIpc) is 2.01. The Morgan fingerprint density at radius 3 is 2.46 bits per heavy atom. The molecule has 0 aliphatic rings. The van der Waals surface area contributed by atoms with Gasteiger partial charge in [0.25, 0.3) is 0 Å². The second kappa shape index (κ2) is 3.38. The fourth-order valence-corrected chi connectivity index (χ4v) is 2.20. The minimum Gasteiger partial charge on any atom is -0.508 e. The molecule has 13 heavy (non-hydrogen) atoms. The van der Waals surface area contributed by atoms with Crippen LogP contribution >= 0.6 is 0 Å². The van der Waals surface area contributed by atoms with Crippen molar-refractivity contribution in [1.29, 1.82) is 0 Å². The van der Waals surface area contributed by atoms with Gasteiger partial charge in [0.05, 0.1) is 4.90 Å². The third-order valence-electron chi connectivity index (χ3n) is 1.82. The van der Waals surface area contributed by atoms with Crippen molar-refractivity contribution in [2.45, 2.75) is 18.2 Å². The van der Waals surface area contributed by atoms with Crippen molar-refractivity contribution in [1.82, 2.24) is 0 Å². The highest BCUT2D eigenvalue weighted by Gasteiger charge is 2.11. The van der Waals surface area contributed by atoms with Gasteiger partial charge < -0.3 is 5.11 Å². The average molecular weight is 200 g/mol. The van der Waals surface area contributed by atoms with Crippen molar-refractivity contribution < 1.29 is 13.5 Å². The minimum atomic E-state index is -3.17. The Morgan fingerprint density at radius 2 is 2.00 bits per heavy atom. The van der Waals surface area contributed by atoms with E-state index in [1.807, 2.05) is 6.92 Å². The molecule has 0 fully saturated rings. The minimum absolute atomic E-state index is 0.101. The molecule has 1 aromatic carbocycles. The fourth-order valence-electron chi connectivity index (χ4n) is 1.20. The van der Waals surface area contributed by atoms with Crippen LogP contribution < -0.4 is 0 Å². The summed E-state index contributed by atoms with van der Waals surface area (Å²) in [5.41, 5.74) is 0.655. The topological polar surface area (TPSA) is 54.4 Å². The van der Waals surface area contributed by atoms with Gasteiger partial charge in [0.1, 0.15) is 5.75 Å². The van der Waals surface area contributed by atoms with Crippen LogP contribution in [0.2, 0.25) is 0 Å². The van der Waals surface area contributed by atoms with Gasteiger partial charge in [0, 0.05) is 6.26 Å². The molecule has 0 amide bonds. The van der Waals surface area contributed by atoms with E-state index in [1.54, 1.807) is 0 Å². The lowest BCUT2D eigenvalue weighted by molar-refractivity contribution is 0.474. The monoisotopic (exact) mass is 200 g/mol. The molecule has 0 spiro atoms. The number of hydrogen-bond donors (Lipinski definition) is 1. The molecule has 1 N–H and O–H groups in total. The first-order valence-corrected chi connectivity index (χ1v) is 5.86. The first-order chi connectivity index (χ1) is 5.95. The SMILES string of the molecule is CCc1cc(O)ccc1S(C)(=O)=O. The highest BCUT2D eigenvalue weighted by molar-refractivity contribution is 7.90. The number of benzene rings is 1. The van der Waals surface area contributed by atoms with E-state index in [-0.39, 0.29) is 5.75 Å². The molecular formula is C9H12O3S. The summed E-state index contributed by atoms with van der Waals surface area (Å²) in [6.07, 6.45) is 1.76. The van der Waals surface area contributed by atoms with Gasteiger partial charge in [-0.15, -0.1) is 0 Å². The van der Waals surface area contributed by atoms with Crippen molar-refractivity contribution in [3.63, 3.8) is 0 Å². The summed E-state index contributed by atoms with van der Waals surface area (Å²) in [5.74, 6) is 0.101. The van der Waals surface area contributed by atoms with Gasteiger partial charge in [-0.2, -0.15) is 0 Å². The molecule has 0 heterocycles. The summed E-state index contributed by atoms with van der Waals surface area (Å²) in [4.78, 5) is 0.299. The molecule has 1 rings (SSSR count). The van der Waals surface area contributed by atoms with E-state index in [0.717, 1.165) is 0 Å². The quantitative estimate of drug-likeness (QED) is 0.784. The van der Waals surface area contributed by atoms with Gasteiger partial charge in [-0.3, -0.25) is 0 Å². The van der Waals surface area contributed by atoms with Crippen LogP contribution in [-0.4, -0.2) is 19.8 Å². The maximum Gasteiger partial charge on any atom is 0.175 e. The molecule has 0 unspecified atom stereocenters. The van der Waals surface area contributed by atoms with Crippen LogP contribution in [0.25, 0.3) is 0 Å². The van der Waals surface area contributed by atoms with Gasteiger partial charge in [-0.25, -0.2) is 8.42 Å². The lowest BCUT2D eigenvalue weighted by Gasteiger charge is -2.05. The molecule has 0 atom stereocenters. The summed E-state index contributed by atoms with van der Waals surface area (Å²) in [6.45, 7) is 1.85. The number of rotatable bonds is 2. The highest BCUT2D eigenvalue weighted by Crippen LogP contribution is 2.21. The first-order valence-electron chi connectivity index (χ1n) is 3.97. The second-order valence-electron chi connectivity index (χ2n) is 2.92. The Bertz CT molecular complexity index is 407. The molecule has 1 aromatic rings. The predicted molar refractivity (Wildman–Crippen MR) is 50.6 cm³/mol. The first kappa shape index (κ1) is 10.1. The predicted octanol–water partition coefficient (Wildman–Crippen LogP) is 1.36. The summed E-state index contributed by atoms with van der Waals surface area (Å²) in [7, 11) is -3.17. The number of phenols is 1. The zero-order chi connectivity index (χ0) is 10.1. The van der Waals surface area contributed by atoms with Crippen LogP contribution in [0.15, 0.2) is 23.1 Å². The zero-order valence-corrected chi connectivity index (χ0v) is 8.43. The molecular weight excluding hydrogens is 188 g/mol. The van der Waals surface area contributed by atoms with Gasteiger partial charge >= 0.3 is 0 Å². The Kier molecular flexibility index (Phi) is 2.61. The Balaban J connectivity index is 3.39. The van der Waals surface area contributed by atoms with Crippen LogP contribution in [0.4, 0.5) is 0 Å². The zero-order valence-electron chi connectivity index (χ0n) is 7.61. The summed E-state index contributed by atoms with van der Waals surface area (Å²) in [6, 6.07) is 4.30. The van der Waals surface area contributed by atoms with E-state index in [9.17, 15) is 8.42 Å². The Morgan fingerprint density at radius 1 is 1.38 bits per heavy atom. The Labute approximate surface area is 77.9 Å². The van der Waals surface area contributed by atoms with Crippen molar-refractivity contribution in [2.24, 2.45) is 0 Å². The standard InChI is InChI=1S/C9H12O3S/c1-3-7-6-8(10)4-5-9(7)13(2,11)12/h4-6,10H,3H2,1-2H3. The van der Waals surface area contributed by atoms with E-state index in [0.29, 0.717) is 16.9 Å². The van der Waals surface area contributed by atoms with Gasteiger partial charge in [0.2, 0.25) is 0 Å². The van der Waals surface area contributed by atoms with Crippen LogP contribution in [0.1, 0.15) is 12.5 Å². The maximum atomic E-state index is 11.2. The molecule has 72 valence electrons. The smallest absolute Gasteiger partial charge is 0.175 e. The van der Waals surface area contributed by atoms with E-state index in [1.165, 1.54) is 24.5 Å². The molecule has 3 nitrogen and oxygen atoms in total. The number of aromatic hydroxyl groups is 1. The largest absolute Gasteiger partial charge is 0.508 e. The van der Waals surface area contributed by atoms with E-state index in [4.69, 9.17) is 5.11 Å². The van der Waals surface area contributed by atoms with E-state index < -0.39 is 9.84 Å². The number of aryl methyl sites for hydroxylation is 1. The maximum absolute atomic E-state index is 11.2. The van der Waals surface area contributed by atoms with Gasteiger partial charge in [0.15, 0.2) is 9.84 Å². The van der Waals surface area contributed by atoms with Gasteiger partial charge in [-0.05, 0) is 30.2 Å². The molecule has 4 heteroatoms. The van der Waals surface area contributed by atoms with E-state index >= 15 is 0 Å². The van der Waals surface area contributed by atoms with Crippen molar-refractivity contribution in [3.05, 3.63) is 23.8 Å². The molecule has 0 aliphatic heterocycles. The highest BCUT2D eigenvalue weighted by atomic mass is 32.2. The lowest BCUT2D eigenvalue weighted by atomic mass is 10.2. The number of sulfone groups is 1. The molecule has 0 aromatic heterocycles. The third kappa shape index (κ3) is 2.21. The Hall–Kier alpha value is -1.03.